The monoisotopic (exact) mass is 216 g/mol. The second-order valence-corrected chi connectivity index (χ2v) is 3.50. The summed E-state index contributed by atoms with van der Waals surface area (Å²) >= 11 is 0. The summed E-state index contributed by atoms with van der Waals surface area (Å²) in [5.74, 6) is 0. The molecule has 4 heteroatoms. The van der Waals surface area contributed by atoms with E-state index in [0.717, 1.165) is 12.1 Å². The van der Waals surface area contributed by atoms with E-state index >= 15 is 0 Å². The van der Waals surface area contributed by atoms with Crippen molar-refractivity contribution in [1.29, 1.82) is 0 Å². The molecule has 0 radical (unpaired) electrons. The number of nitro benzene ring substituents is 1. The fourth-order valence-corrected chi connectivity index (χ4v) is 1.74. The lowest BCUT2D eigenvalue weighted by Crippen LogP contribution is -1.93. The van der Waals surface area contributed by atoms with Crippen molar-refractivity contribution in [3.05, 3.63) is 52.7 Å². The summed E-state index contributed by atoms with van der Waals surface area (Å²) in [5, 5.41) is 11.5. The van der Waals surface area contributed by atoms with Crippen LogP contribution in [0.3, 0.4) is 0 Å². The van der Waals surface area contributed by atoms with Crippen molar-refractivity contribution in [3.63, 3.8) is 0 Å². The van der Waals surface area contributed by atoms with Gasteiger partial charge in [-0.2, -0.15) is 0 Å². The van der Waals surface area contributed by atoms with Crippen molar-refractivity contribution in [3.8, 4) is 0 Å². The normalized spacial score (nSPS) is 11.3. The highest BCUT2D eigenvalue weighted by Crippen LogP contribution is 2.26. The molecule has 1 aromatic carbocycles. The maximum absolute atomic E-state index is 10.8. The lowest BCUT2D eigenvalue weighted by molar-refractivity contribution is -0.383. The highest BCUT2D eigenvalue weighted by molar-refractivity contribution is 5.89. The van der Waals surface area contributed by atoms with Gasteiger partial charge in [0.1, 0.15) is 0 Å². The maximum atomic E-state index is 10.8. The first-order valence-electron chi connectivity index (χ1n) is 5.07. The minimum absolute atomic E-state index is 0.164. The molecule has 0 saturated carbocycles. The van der Waals surface area contributed by atoms with E-state index in [9.17, 15) is 10.1 Å². The molecular formula is C12H12N2O2. The first kappa shape index (κ1) is 10.4. The average molecular weight is 216 g/mol. The quantitative estimate of drug-likeness (QED) is 0.449. The van der Waals surface area contributed by atoms with E-state index in [1.807, 2.05) is 35.9 Å². The van der Waals surface area contributed by atoms with Crippen LogP contribution in [0.1, 0.15) is 6.92 Å². The number of fused-ring (bicyclic) bond motifs is 1. The van der Waals surface area contributed by atoms with Crippen molar-refractivity contribution in [2.75, 3.05) is 0 Å². The third kappa shape index (κ3) is 1.69. The Morgan fingerprint density at radius 1 is 1.44 bits per heavy atom. The van der Waals surface area contributed by atoms with E-state index in [1.165, 1.54) is 6.07 Å². The Morgan fingerprint density at radius 2 is 2.25 bits per heavy atom. The Kier molecular flexibility index (Phi) is 2.72. The van der Waals surface area contributed by atoms with Crippen LogP contribution in [0.15, 0.2) is 42.6 Å². The van der Waals surface area contributed by atoms with Crippen LogP contribution >= 0.6 is 0 Å². The summed E-state index contributed by atoms with van der Waals surface area (Å²) in [5.41, 5.74) is 1.06. The van der Waals surface area contributed by atoms with Crippen LogP contribution < -0.4 is 0 Å². The van der Waals surface area contributed by atoms with Crippen molar-refractivity contribution in [2.24, 2.45) is 0 Å². The molecule has 0 aliphatic carbocycles. The molecule has 1 heterocycles. The smallest absolute Gasteiger partial charge is 0.278 e. The van der Waals surface area contributed by atoms with E-state index in [-0.39, 0.29) is 10.6 Å². The van der Waals surface area contributed by atoms with Gasteiger partial charge in [0.25, 0.3) is 5.69 Å². The molecule has 1 aromatic heterocycles. The fourth-order valence-electron chi connectivity index (χ4n) is 1.74. The first-order chi connectivity index (χ1) is 7.74. The van der Waals surface area contributed by atoms with Gasteiger partial charge in [0.15, 0.2) is 0 Å². The van der Waals surface area contributed by atoms with Gasteiger partial charge >= 0.3 is 0 Å². The number of nitrogens with zero attached hydrogens (tertiary/aromatic N) is 2. The Bertz CT molecular complexity index is 555. The molecule has 0 atom stereocenters. The van der Waals surface area contributed by atoms with Gasteiger partial charge in [0, 0.05) is 18.8 Å². The zero-order chi connectivity index (χ0) is 11.5. The predicted octanol–water partition coefficient (Wildman–Crippen LogP) is 3.13. The van der Waals surface area contributed by atoms with Gasteiger partial charge in [0.05, 0.1) is 15.8 Å². The summed E-state index contributed by atoms with van der Waals surface area (Å²) in [7, 11) is 0. The van der Waals surface area contributed by atoms with Gasteiger partial charge in [-0.1, -0.05) is 18.2 Å². The zero-order valence-corrected chi connectivity index (χ0v) is 8.96. The van der Waals surface area contributed by atoms with Crippen LogP contribution in [-0.2, 0) is 6.54 Å². The van der Waals surface area contributed by atoms with Crippen molar-refractivity contribution in [2.45, 2.75) is 13.5 Å². The Hall–Kier alpha value is -2.10. The second-order valence-electron chi connectivity index (χ2n) is 3.50. The minimum Gasteiger partial charge on any atom is -0.343 e. The summed E-state index contributed by atoms with van der Waals surface area (Å²) in [4.78, 5) is 10.5. The number of benzene rings is 1. The fraction of sp³-hybridized carbons (Fsp3) is 0.167. The molecule has 2 aromatic rings. The lowest BCUT2D eigenvalue weighted by atomic mass is 10.2. The Morgan fingerprint density at radius 3 is 2.94 bits per heavy atom. The number of allylic oxidation sites excluding steroid dienone is 2. The van der Waals surface area contributed by atoms with E-state index in [0.29, 0.717) is 5.39 Å². The van der Waals surface area contributed by atoms with Crippen LogP contribution in [-0.4, -0.2) is 9.49 Å². The molecule has 2 rings (SSSR count). The standard InChI is InChI=1S/C12H12N2O2/c1-2-3-8-13-9-7-10-11(13)5-4-6-12(10)14(15)16/h2-7,9H,8H2,1H3/b3-2+. The van der Waals surface area contributed by atoms with Crippen molar-refractivity contribution < 1.29 is 4.92 Å². The highest BCUT2D eigenvalue weighted by atomic mass is 16.6. The van der Waals surface area contributed by atoms with Crippen molar-refractivity contribution in [1.82, 2.24) is 4.57 Å². The number of nitro groups is 1. The number of hydrogen-bond donors (Lipinski definition) is 0. The topological polar surface area (TPSA) is 48.1 Å². The molecule has 0 aliphatic rings. The summed E-state index contributed by atoms with van der Waals surface area (Å²) < 4.78 is 1.99. The Balaban J connectivity index is 2.56. The predicted molar refractivity (Wildman–Crippen MR) is 63.4 cm³/mol. The van der Waals surface area contributed by atoms with Crippen LogP contribution in [0.4, 0.5) is 5.69 Å². The van der Waals surface area contributed by atoms with E-state index in [2.05, 4.69) is 0 Å². The summed E-state index contributed by atoms with van der Waals surface area (Å²) in [6.07, 6.45) is 5.85. The molecule has 82 valence electrons. The molecule has 0 fully saturated rings. The Labute approximate surface area is 93.0 Å². The zero-order valence-electron chi connectivity index (χ0n) is 8.96. The lowest BCUT2D eigenvalue weighted by Gasteiger charge is -2.00. The molecule has 0 unspecified atom stereocenters. The average Bonchev–Trinajstić information content (AvgIpc) is 2.69. The second kappa shape index (κ2) is 4.18. The van der Waals surface area contributed by atoms with Gasteiger partial charge in [-0.3, -0.25) is 10.1 Å². The van der Waals surface area contributed by atoms with Crippen LogP contribution in [0.2, 0.25) is 0 Å². The van der Waals surface area contributed by atoms with Gasteiger partial charge in [-0.15, -0.1) is 0 Å². The molecule has 0 spiro atoms. The summed E-state index contributed by atoms with van der Waals surface area (Å²) in [6.45, 7) is 2.69. The molecule has 0 bridgehead atoms. The van der Waals surface area contributed by atoms with Gasteiger partial charge < -0.3 is 4.57 Å². The van der Waals surface area contributed by atoms with E-state index in [1.54, 1.807) is 12.1 Å². The maximum Gasteiger partial charge on any atom is 0.278 e. The van der Waals surface area contributed by atoms with Crippen LogP contribution in [0, 0.1) is 10.1 Å². The molecular weight excluding hydrogens is 204 g/mol. The molecule has 4 nitrogen and oxygen atoms in total. The van der Waals surface area contributed by atoms with Gasteiger partial charge in [0.2, 0.25) is 0 Å². The molecule has 0 amide bonds. The molecule has 0 aliphatic heterocycles. The number of hydrogen-bond acceptors (Lipinski definition) is 2. The molecule has 16 heavy (non-hydrogen) atoms. The van der Waals surface area contributed by atoms with Crippen molar-refractivity contribution >= 4 is 16.6 Å². The number of non-ortho nitro benzene ring substituents is 1. The SMILES string of the molecule is C/C=C/Cn1ccc2c([N+](=O)[O-])cccc21. The third-order valence-corrected chi connectivity index (χ3v) is 2.53. The largest absolute Gasteiger partial charge is 0.343 e. The van der Waals surface area contributed by atoms with Crippen LogP contribution in [0.5, 0.6) is 0 Å². The minimum atomic E-state index is -0.345. The summed E-state index contributed by atoms with van der Waals surface area (Å²) in [6, 6.07) is 6.93. The van der Waals surface area contributed by atoms with Gasteiger partial charge in [-0.25, -0.2) is 0 Å². The van der Waals surface area contributed by atoms with E-state index in [4.69, 9.17) is 0 Å². The first-order valence-corrected chi connectivity index (χ1v) is 5.07. The van der Waals surface area contributed by atoms with Gasteiger partial charge in [-0.05, 0) is 19.1 Å². The highest BCUT2D eigenvalue weighted by Gasteiger charge is 2.12. The van der Waals surface area contributed by atoms with Crippen LogP contribution in [0.25, 0.3) is 10.9 Å². The van der Waals surface area contributed by atoms with E-state index < -0.39 is 0 Å². The number of rotatable bonds is 3. The molecule has 0 saturated heterocycles. The number of aromatic nitrogens is 1. The third-order valence-electron chi connectivity index (χ3n) is 2.53. The molecule has 0 N–H and O–H groups in total.